The number of carbonyl (C=O) groups excluding carboxylic acids is 1. The topological polar surface area (TPSA) is 65.5 Å². The van der Waals surface area contributed by atoms with Crippen LogP contribution in [0.25, 0.3) is 0 Å². The summed E-state index contributed by atoms with van der Waals surface area (Å²) in [5, 5.41) is 12.0. The lowest BCUT2D eigenvalue weighted by Gasteiger charge is -2.22. The number of nitrogens with one attached hydrogen (secondary N) is 1. The molecule has 0 unspecified atom stereocenters. The number of pyridine rings is 1. The normalized spacial score (nSPS) is 11.9. The predicted octanol–water partition coefficient (Wildman–Crippen LogP) is 1.32. The summed E-state index contributed by atoms with van der Waals surface area (Å²) in [5.74, 6) is 0. The van der Waals surface area contributed by atoms with Gasteiger partial charge < -0.3 is 15.3 Å². The number of carbonyl (C=O) groups is 1. The molecule has 0 saturated carbocycles. The van der Waals surface area contributed by atoms with E-state index in [0.29, 0.717) is 18.8 Å². The number of aromatic nitrogens is 1. The number of nitrogens with zero attached hydrogens (tertiary/aromatic N) is 2. The van der Waals surface area contributed by atoms with E-state index in [0.717, 1.165) is 0 Å². The van der Waals surface area contributed by atoms with Crippen LogP contribution in [-0.2, 0) is 0 Å². The van der Waals surface area contributed by atoms with Crippen LogP contribution in [0.5, 0.6) is 0 Å². The van der Waals surface area contributed by atoms with E-state index in [1.54, 1.807) is 36.4 Å². The number of hydrogen-bond acceptors (Lipinski definition) is 3. The van der Waals surface area contributed by atoms with E-state index in [-0.39, 0.29) is 6.03 Å². The molecule has 5 nitrogen and oxygen atoms in total. The summed E-state index contributed by atoms with van der Waals surface area (Å²) in [6.45, 7) is 4.41. The number of likely N-dealkylation sites (N-methyl/N-ethyl adjacent to an activating group) is 1. The van der Waals surface area contributed by atoms with Gasteiger partial charge in [0.25, 0.3) is 0 Å². The minimum Gasteiger partial charge on any atom is -0.392 e. The maximum absolute atomic E-state index is 11.8. The van der Waals surface area contributed by atoms with E-state index >= 15 is 0 Å². The molecule has 1 heterocycles. The summed E-state index contributed by atoms with van der Waals surface area (Å²) in [6.07, 6.45) is 2.70. The average Bonchev–Trinajstić information content (AvgIpc) is 2.26. The van der Waals surface area contributed by atoms with Crippen LogP contribution in [0.1, 0.15) is 13.8 Å². The Kier molecular flexibility index (Phi) is 4.72. The summed E-state index contributed by atoms with van der Waals surface area (Å²) in [5.41, 5.74) is 0.698. The first-order valence-electron chi connectivity index (χ1n) is 5.27. The van der Waals surface area contributed by atoms with Gasteiger partial charge in [-0.2, -0.15) is 0 Å². The molecule has 0 saturated heterocycles. The number of aliphatic hydroxyl groups is 1. The molecular weight excluding hydrogens is 206 g/mol. The van der Waals surface area contributed by atoms with Crippen LogP contribution >= 0.6 is 0 Å². The maximum Gasteiger partial charge on any atom is 0.321 e. The second-order valence-electron chi connectivity index (χ2n) is 3.55. The van der Waals surface area contributed by atoms with Gasteiger partial charge in [-0.25, -0.2) is 4.79 Å². The van der Waals surface area contributed by atoms with Crippen LogP contribution in [-0.4, -0.2) is 40.2 Å². The maximum atomic E-state index is 11.8. The second kappa shape index (κ2) is 6.07. The summed E-state index contributed by atoms with van der Waals surface area (Å²) >= 11 is 0. The van der Waals surface area contributed by atoms with Gasteiger partial charge in [-0.05, 0) is 26.0 Å². The van der Waals surface area contributed by atoms with Gasteiger partial charge in [0.05, 0.1) is 6.10 Å². The Morgan fingerprint density at radius 3 is 2.69 bits per heavy atom. The first-order valence-corrected chi connectivity index (χ1v) is 5.27. The van der Waals surface area contributed by atoms with Crippen molar-refractivity contribution in [3.63, 3.8) is 0 Å². The minimum atomic E-state index is -0.525. The van der Waals surface area contributed by atoms with E-state index in [9.17, 15) is 9.90 Å². The zero-order valence-electron chi connectivity index (χ0n) is 9.55. The van der Waals surface area contributed by atoms with Crippen LogP contribution < -0.4 is 5.32 Å². The molecule has 0 aliphatic heterocycles. The highest BCUT2D eigenvalue weighted by Crippen LogP contribution is 2.05. The summed E-state index contributed by atoms with van der Waals surface area (Å²) in [7, 11) is 0. The molecule has 5 heteroatoms. The summed E-state index contributed by atoms with van der Waals surface area (Å²) in [4.78, 5) is 17.2. The number of amides is 2. The predicted molar refractivity (Wildman–Crippen MR) is 62.2 cm³/mol. The minimum absolute atomic E-state index is 0.213. The van der Waals surface area contributed by atoms with Gasteiger partial charge in [-0.15, -0.1) is 0 Å². The molecule has 88 valence electrons. The lowest BCUT2D eigenvalue weighted by atomic mass is 10.3. The van der Waals surface area contributed by atoms with Gasteiger partial charge in [-0.3, -0.25) is 4.98 Å². The Balaban J connectivity index is 2.56. The van der Waals surface area contributed by atoms with E-state index in [4.69, 9.17) is 0 Å². The van der Waals surface area contributed by atoms with E-state index in [1.165, 1.54) is 0 Å². The standard InChI is InChI=1S/C11H17N3O2/c1-3-14(8-9(2)15)11(16)13-10-4-6-12-7-5-10/h4-7,9,15H,3,8H2,1-2H3,(H,12,13,16)/t9-/m0/s1. The Labute approximate surface area is 95.1 Å². The second-order valence-corrected chi connectivity index (χ2v) is 3.55. The molecule has 2 N–H and O–H groups in total. The van der Waals surface area contributed by atoms with Crippen molar-refractivity contribution in [3.05, 3.63) is 24.5 Å². The van der Waals surface area contributed by atoms with E-state index in [1.807, 2.05) is 6.92 Å². The SMILES string of the molecule is CCN(C[C@H](C)O)C(=O)Nc1ccncc1. The monoisotopic (exact) mass is 223 g/mol. The molecule has 0 aromatic carbocycles. The lowest BCUT2D eigenvalue weighted by Crippen LogP contribution is -2.39. The van der Waals surface area contributed by atoms with Crippen LogP contribution in [0.4, 0.5) is 10.5 Å². The third-order valence-corrected chi connectivity index (χ3v) is 2.09. The van der Waals surface area contributed by atoms with Crippen molar-refractivity contribution in [2.24, 2.45) is 0 Å². The molecule has 1 atom stereocenters. The first kappa shape index (κ1) is 12.4. The van der Waals surface area contributed by atoms with Crippen molar-refractivity contribution >= 4 is 11.7 Å². The van der Waals surface area contributed by atoms with Crippen molar-refractivity contribution in [2.75, 3.05) is 18.4 Å². The number of rotatable bonds is 4. The third-order valence-electron chi connectivity index (χ3n) is 2.09. The highest BCUT2D eigenvalue weighted by atomic mass is 16.3. The van der Waals surface area contributed by atoms with Gasteiger partial charge in [0.15, 0.2) is 0 Å². The fraction of sp³-hybridized carbons (Fsp3) is 0.455. The van der Waals surface area contributed by atoms with E-state index < -0.39 is 6.10 Å². The molecule has 0 bridgehead atoms. The number of aliphatic hydroxyl groups excluding tert-OH is 1. The quantitative estimate of drug-likeness (QED) is 0.809. The summed E-state index contributed by atoms with van der Waals surface area (Å²) < 4.78 is 0. The summed E-state index contributed by atoms with van der Waals surface area (Å²) in [6, 6.07) is 3.22. The largest absolute Gasteiger partial charge is 0.392 e. The van der Waals surface area contributed by atoms with Gasteiger partial charge >= 0.3 is 6.03 Å². The molecule has 2 amide bonds. The Morgan fingerprint density at radius 2 is 2.19 bits per heavy atom. The van der Waals surface area contributed by atoms with Crippen LogP contribution in [0.3, 0.4) is 0 Å². The molecule has 1 aromatic rings. The molecule has 0 aliphatic rings. The van der Waals surface area contributed by atoms with Gasteiger partial charge in [0, 0.05) is 31.2 Å². The molecule has 0 aliphatic carbocycles. The van der Waals surface area contributed by atoms with Crippen LogP contribution in [0, 0.1) is 0 Å². The molecule has 0 radical (unpaired) electrons. The molecule has 1 rings (SSSR count). The Hall–Kier alpha value is -1.62. The fourth-order valence-corrected chi connectivity index (χ4v) is 1.31. The van der Waals surface area contributed by atoms with Crippen LogP contribution in [0.2, 0.25) is 0 Å². The van der Waals surface area contributed by atoms with Crippen molar-refractivity contribution in [2.45, 2.75) is 20.0 Å². The molecule has 0 fully saturated rings. The highest BCUT2D eigenvalue weighted by Gasteiger charge is 2.13. The van der Waals surface area contributed by atoms with E-state index in [2.05, 4.69) is 10.3 Å². The molecule has 1 aromatic heterocycles. The number of urea groups is 1. The fourth-order valence-electron chi connectivity index (χ4n) is 1.31. The van der Waals surface area contributed by atoms with Gasteiger partial charge in [0.2, 0.25) is 0 Å². The first-order chi connectivity index (χ1) is 7.63. The van der Waals surface area contributed by atoms with Crippen molar-refractivity contribution in [3.8, 4) is 0 Å². The Morgan fingerprint density at radius 1 is 1.56 bits per heavy atom. The van der Waals surface area contributed by atoms with Crippen molar-refractivity contribution in [1.29, 1.82) is 0 Å². The third kappa shape index (κ3) is 3.86. The molecule has 16 heavy (non-hydrogen) atoms. The van der Waals surface area contributed by atoms with Crippen LogP contribution in [0.15, 0.2) is 24.5 Å². The zero-order valence-corrected chi connectivity index (χ0v) is 9.55. The Bertz CT molecular complexity index is 327. The smallest absolute Gasteiger partial charge is 0.321 e. The lowest BCUT2D eigenvalue weighted by molar-refractivity contribution is 0.141. The molecular formula is C11H17N3O2. The molecule has 0 spiro atoms. The highest BCUT2D eigenvalue weighted by molar-refractivity contribution is 5.89. The van der Waals surface area contributed by atoms with Crippen molar-refractivity contribution < 1.29 is 9.90 Å². The van der Waals surface area contributed by atoms with Gasteiger partial charge in [-0.1, -0.05) is 0 Å². The number of hydrogen-bond donors (Lipinski definition) is 2. The zero-order chi connectivity index (χ0) is 12.0. The average molecular weight is 223 g/mol. The number of anilines is 1. The van der Waals surface area contributed by atoms with Crippen molar-refractivity contribution in [1.82, 2.24) is 9.88 Å². The van der Waals surface area contributed by atoms with Gasteiger partial charge in [0.1, 0.15) is 0 Å².